The third kappa shape index (κ3) is 4.07. The summed E-state index contributed by atoms with van der Waals surface area (Å²) >= 11 is 7.25. The molecule has 2 aliphatic rings. The summed E-state index contributed by atoms with van der Waals surface area (Å²) in [4.78, 5) is 17.2. The molecule has 0 unspecified atom stereocenters. The van der Waals surface area contributed by atoms with Crippen LogP contribution in [-0.4, -0.2) is 39.6 Å². The van der Waals surface area contributed by atoms with E-state index in [0.29, 0.717) is 34.6 Å². The summed E-state index contributed by atoms with van der Waals surface area (Å²) in [6, 6.07) is 5.43. The van der Waals surface area contributed by atoms with Crippen LogP contribution in [0.1, 0.15) is 62.8 Å². The molecule has 0 bridgehead atoms. The number of rotatable bonds is 6. The smallest absolute Gasteiger partial charge is 0.264 e. The van der Waals surface area contributed by atoms with Crippen LogP contribution in [0.4, 0.5) is 0 Å². The second kappa shape index (κ2) is 8.67. The van der Waals surface area contributed by atoms with Gasteiger partial charge in [-0.1, -0.05) is 0 Å². The zero-order valence-electron chi connectivity index (χ0n) is 17.2. The summed E-state index contributed by atoms with van der Waals surface area (Å²) in [6.07, 6.45) is 3.38. The Bertz CT molecular complexity index is 1130. The Morgan fingerprint density at radius 2 is 2.03 bits per heavy atom. The van der Waals surface area contributed by atoms with Gasteiger partial charge in [0.15, 0.2) is 5.78 Å². The summed E-state index contributed by atoms with van der Waals surface area (Å²) in [7, 11) is 1.61. The van der Waals surface area contributed by atoms with Crippen molar-refractivity contribution in [3.8, 4) is 17.3 Å². The van der Waals surface area contributed by atoms with Crippen molar-refractivity contribution in [3.63, 3.8) is 0 Å². The number of nitrogens with one attached hydrogen (secondary N) is 1. The summed E-state index contributed by atoms with van der Waals surface area (Å²) in [6.45, 7) is 1.96. The van der Waals surface area contributed by atoms with Crippen molar-refractivity contribution in [3.05, 3.63) is 50.9 Å². The molecule has 1 aliphatic carbocycles. The first-order valence-corrected chi connectivity index (χ1v) is 13.1. The monoisotopic (exact) mass is 519 g/mol. The van der Waals surface area contributed by atoms with E-state index >= 15 is 0 Å². The van der Waals surface area contributed by atoms with Crippen LogP contribution < -0.4 is 4.74 Å². The molecule has 1 saturated heterocycles. The molecule has 1 N–H and O–H groups in total. The number of halogens is 1. The van der Waals surface area contributed by atoms with E-state index in [1.54, 1.807) is 13.2 Å². The number of nitrogens with zero attached hydrogens (tertiary/aromatic N) is 2. The van der Waals surface area contributed by atoms with Gasteiger partial charge >= 0.3 is 0 Å². The Morgan fingerprint density at radius 1 is 1.26 bits per heavy atom. The van der Waals surface area contributed by atoms with Gasteiger partial charge in [0.2, 0.25) is 5.89 Å². The molecule has 1 aliphatic heterocycles. The average molecular weight is 520 g/mol. The summed E-state index contributed by atoms with van der Waals surface area (Å²) in [5.74, 6) is 4.38. The Morgan fingerprint density at radius 3 is 2.71 bits per heavy atom. The van der Waals surface area contributed by atoms with E-state index in [4.69, 9.17) is 9.15 Å². The second-order valence-corrected chi connectivity index (χ2v) is 11.3. The largest absolute Gasteiger partial charge is 0.496 e. The molecule has 0 spiro atoms. The van der Waals surface area contributed by atoms with Gasteiger partial charge in [0.25, 0.3) is 5.89 Å². The molecule has 162 valence electrons. The highest BCUT2D eigenvalue weighted by Gasteiger charge is 2.33. The molecule has 6 nitrogen and oxygen atoms in total. The van der Waals surface area contributed by atoms with E-state index in [2.05, 4.69) is 31.1 Å². The number of hydrogen-bond acceptors (Lipinski definition) is 7. The first-order valence-electron chi connectivity index (χ1n) is 10.2. The maximum atomic E-state index is 13.7. The fraction of sp³-hybridized carbons (Fsp3) is 0.409. The van der Waals surface area contributed by atoms with Crippen molar-refractivity contribution < 1.29 is 13.9 Å². The maximum absolute atomic E-state index is 13.7. The van der Waals surface area contributed by atoms with Crippen molar-refractivity contribution in [2.75, 3.05) is 18.6 Å². The summed E-state index contributed by atoms with van der Waals surface area (Å²) in [5, 5.41) is 8.51. The van der Waals surface area contributed by atoms with Gasteiger partial charge in [-0.2, -0.15) is 0 Å². The lowest BCUT2D eigenvalue weighted by atomic mass is 9.99. The van der Waals surface area contributed by atoms with Crippen molar-refractivity contribution in [1.82, 2.24) is 15.2 Å². The molecule has 0 atom stereocenters. The number of thioether (sulfide) groups is 2. The number of methoxy groups -OCH3 is 1. The first-order chi connectivity index (χ1) is 15.1. The number of benzene rings is 1. The number of H-pyrrole nitrogens is 1. The van der Waals surface area contributed by atoms with Crippen molar-refractivity contribution in [2.45, 2.75) is 36.7 Å². The summed E-state index contributed by atoms with van der Waals surface area (Å²) < 4.78 is 12.2. The third-order valence-electron chi connectivity index (χ3n) is 5.56. The van der Waals surface area contributed by atoms with Crippen LogP contribution in [0.3, 0.4) is 0 Å². The Balaban J connectivity index is 1.59. The summed E-state index contributed by atoms with van der Waals surface area (Å²) in [5.41, 5.74) is 3.84. The predicted molar refractivity (Wildman–Crippen MR) is 127 cm³/mol. The number of ether oxygens (including phenoxy) is 1. The average Bonchev–Trinajstić information content (AvgIpc) is 3.43. The molecule has 3 heterocycles. The number of carbonyl (C=O) groups excluding carboxylic acids is 1. The number of aromatic amines is 1. The van der Waals surface area contributed by atoms with Gasteiger partial charge < -0.3 is 14.1 Å². The SMILES string of the molecule is COc1ccc(C(=O)c2c(C3SCCCS3)[nH]c(-c3nnc(C4CC4)o3)c2C)cc1Br. The molecule has 0 radical (unpaired) electrons. The van der Waals surface area contributed by atoms with Gasteiger partial charge in [0.05, 0.1) is 21.9 Å². The van der Waals surface area contributed by atoms with E-state index in [-0.39, 0.29) is 10.4 Å². The maximum Gasteiger partial charge on any atom is 0.264 e. The van der Waals surface area contributed by atoms with Gasteiger partial charge in [-0.3, -0.25) is 4.79 Å². The minimum Gasteiger partial charge on any atom is -0.496 e. The molecule has 0 amide bonds. The van der Waals surface area contributed by atoms with Gasteiger partial charge in [-0.15, -0.1) is 33.7 Å². The minimum absolute atomic E-state index is 0.0212. The topological polar surface area (TPSA) is 81.0 Å². The van der Waals surface area contributed by atoms with Crippen LogP contribution in [0.25, 0.3) is 11.6 Å². The Hall–Kier alpha value is -1.71. The van der Waals surface area contributed by atoms with Crippen LogP contribution in [0, 0.1) is 6.92 Å². The highest BCUT2D eigenvalue weighted by Crippen LogP contribution is 2.47. The van der Waals surface area contributed by atoms with Crippen LogP contribution in [0.2, 0.25) is 0 Å². The van der Waals surface area contributed by atoms with Gasteiger partial charge in [-0.25, -0.2) is 0 Å². The third-order valence-corrected chi connectivity index (χ3v) is 9.13. The molecule has 5 rings (SSSR count). The van der Waals surface area contributed by atoms with Crippen molar-refractivity contribution >= 4 is 45.2 Å². The number of ketones is 1. The van der Waals surface area contributed by atoms with E-state index < -0.39 is 0 Å². The highest BCUT2D eigenvalue weighted by molar-refractivity contribution is 9.10. The van der Waals surface area contributed by atoms with E-state index in [1.807, 2.05) is 42.6 Å². The molecule has 31 heavy (non-hydrogen) atoms. The lowest BCUT2D eigenvalue weighted by molar-refractivity contribution is 0.103. The van der Waals surface area contributed by atoms with E-state index in [9.17, 15) is 4.79 Å². The fourth-order valence-electron chi connectivity index (χ4n) is 3.74. The quantitative estimate of drug-likeness (QED) is 0.392. The second-order valence-electron chi connectivity index (χ2n) is 7.74. The molecular formula is C22H22BrN3O3S2. The van der Waals surface area contributed by atoms with Crippen LogP contribution in [0.15, 0.2) is 27.1 Å². The number of aromatic nitrogens is 3. The first kappa shape index (κ1) is 21.2. The molecule has 9 heteroatoms. The molecule has 1 saturated carbocycles. The zero-order chi connectivity index (χ0) is 21.5. The fourth-order valence-corrected chi connectivity index (χ4v) is 7.16. The molecule has 1 aromatic carbocycles. The lowest BCUT2D eigenvalue weighted by Crippen LogP contribution is -2.09. The molecule has 2 fully saturated rings. The number of hydrogen-bond donors (Lipinski definition) is 1. The Kier molecular flexibility index (Phi) is 5.92. The van der Waals surface area contributed by atoms with Crippen molar-refractivity contribution in [1.29, 1.82) is 0 Å². The molecular weight excluding hydrogens is 498 g/mol. The van der Waals surface area contributed by atoms with Gasteiger partial charge in [-0.05, 0) is 77.4 Å². The molecule has 2 aromatic heterocycles. The lowest BCUT2D eigenvalue weighted by Gasteiger charge is -2.21. The van der Waals surface area contributed by atoms with Gasteiger partial charge in [0, 0.05) is 17.0 Å². The van der Waals surface area contributed by atoms with Crippen molar-refractivity contribution in [2.24, 2.45) is 0 Å². The van der Waals surface area contributed by atoms with Gasteiger partial charge in [0.1, 0.15) is 11.4 Å². The van der Waals surface area contributed by atoms with E-state index in [0.717, 1.165) is 45.8 Å². The van der Waals surface area contributed by atoms with Crippen LogP contribution in [-0.2, 0) is 0 Å². The predicted octanol–water partition coefficient (Wildman–Crippen LogP) is 6.12. The number of carbonyl (C=O) groups is 1. The van der Waals surface area contributed by atoms with Crippen LogP contribution in [0.5, 0.6) is 5.75 Å². The van der Waals surface area contributed by atoms with E-state index in [1.165, 1.54) is 6.42 Å². The highest BCUT2D eigenvalue weighted by atomic mass is 79.9. The van der Waals surface area contributed by atoms with Crippen LogP contribution >= 0.6 is 39.5 Å². The standard InChI is InChI=1S/C22H22BrN3O3S2/c1-11-16(19(27)13-6-7-15(28-2)14(23)10-13)18(22-30-8-3-9-31-22)24-17(11)21-26-25-20(29-21)12-4-5-12/h6-7,10,12,22,24H,3-5,8-9H2,1-2H3. The minimum atomic E-state index is -0.0212. The Labute approximate surface area is 197 Å². The molecule has 3 aromatic rings. The zero-order valence-corrected chi connectivity index (χ0v) is 20.5. The normalized spacial score (nSPS) is 17.1.